The summed E-state index contributed by atoms with van der Waals surface area (Å²) in [5.74, 6) is 0.502. The Morgan fingerprint density at radius 2 is 2.10 bits per heavy atom. The number of aromatic amines is 1. The molecule has 0 fully saturated rings. The van der Waals surface area contributed by atoms with Crippen LogP contribution in [0.3, 0.4) is 0 Å². The second kappa shape index (κ2) is 5.16. The number of H-pyrrole nitrogens is 1. The van der Waals surface area contributed by atoms with Crippen molar-refractivity contribution in [1.82, 2.24) is 9.97 Å². The quantitative estimate of drug-likeness (QED) is 0.643. The maximum atomic E-state index is 12.3. The highest BCUT2D eigenvalue weighted by molar-refractivity contribution is 6.06. The SMILES string of the molecule is COc1ccc(N)cc1C(=O)Nc1nc2ccccc2[nH]1. The molecule has 0 saturated heterocycles. The lowest BCUT2D eigenvalue weighted by molar-refractivity contribution is 0.102. The first-order chi connectivity index (χ1) is 10.2. The Labute approximate surface area is 120 Å². The molecule has 1 amide bonds. The highest BCUT2D eigenvalue weighted by Crippen LogP contribution is 2.22. The van der Waals surface area contributed by atoms with E-state index in [4.69, 9.17) is 10.5 Å². The van der Waals surface area contributed by atoms with E-state index in [-0.39, 0.29) is 5.91 Å². The minimum absolute atomic E-state index is 0.335. The molecule has 3 aromatic rings. The average molecular weight is 282 g/mol. The van der Waals surface area contributed by atoms with Crippen molar-refractivity contribution < 1.29 is 9.53 Å². The van der Waals surface area contributed by atoms with Gasteiger partial charge in [-0.2, -0.15) is 0 Å². The number of nitrogens with two attached hydrogens (primary N) is 1. The summed E-state index contributed by atoms with van der Waals surface area (Å²) >= 11 is 0. The van der Waals surface area contributed by atoms with Gasteiger partial charge < -0.3 is 15.5 Å². The average Bonchev–Trinajstić information content (AvgIpc) is 2.89. The number of anilines is 2. The van der Waals surface area contributed by atoms with Crippen LogP contribution in [0, 0.1) is 0 Å². The molecular weight excluding hydrogens is 268 g/mol. The van der Waals surface area contributed by atoms with Gasteiger partial charge in [0.2, 0.25) is 5.95 Å². The maximum Gasteiger partial charge on any atom is 0.261 e. The number of carbonyl (C=O) groups excluding carboxylic acids is 1. The zero-order chi connectivity index (χ0) is 14.8. The molecule has 1 heterocycles. The van der Waals surface area contributed by atoms with Crippen LogP contribution in [0.2, 0.25) is 0 Å². The minimum atomic E-state index is -0.335. The Morgan fingerprint density at radius 1 is 1.29 bits per heavy atom. The minimum Gasteiger partial charge on any atom is -0.496 e. The molecule has 106 valence electrons. The molecule has 0 radical (unpaired) electrons. The summed E-state index contributed by atoms with van der Waals surface area (Å²) in [5.41, 5.74) is 8.20. The topological polar surface area (TPSA) is 93.0 Å². The number of ether oxygens (including phenoxy) is 1. The van der Waals surface area contributed by atoms with Gasteiger partial charge in [-0.15, -0.1) is 0 Å². The highest BCUT2D eigenvalue weighted by Gasteiger charge is 2.14. The van der Waals surface area contributed by atoms with Gasteiger partial charge in [0.25, 0.3) is 5.91 Å². The van der Waals surface area contributed by atoms with E-state index < -0.39 is 0 Å². The lowest BCUT2D eigenvalue weighted by Gasteiger charge is -2.08. The number of imidazole rings is 1. The Hall–Kier alpha value is -3.02. The molecule has 0 aliphatic carbocycles. The van der Waals surface area contributed by atoms with Gasteiger partial charge >= 0.3 is 0 Å². The van der Waals surface area contributed by atoms with Crippen molar-refractivity contribution in [3.8, 4) is 5.75 Å². The number of nitrogen functional groups attached to an aromatic ring is 1. The summed E-state index contributed by atoms with van der Waals surface area (Å²) in [6, 6.07) is 12.4. The molecule has 0 aliphatic heterocycles. The molecule has 0 bridgehead atoms. The smallest absolute Gasteiger partial charge is 0.261 e. The van der Waals surface area contributed by atoms with E-state index in [1.54, 1.807) is 18.2 Å². The molecule has 1 aromatic heterocycles. The Kier molecular flexibility index (Phi) is 3.19. The second-order valence-corrected chi connectivity index (χ2v) is 4.52. The molecule has 6 heteroatoms. The second-order valence-electron chi connectivity index (χ2n) is 4.52. The van der Waals surface area contributed by atoms with Gasteiger partial charge in [-0.3, -0.25) is 10.1 Å². The Balaban J connectivity index is 1.90. The number of nitrogens with one attached hydrogen (secondary N) is 2. The zero-order valence-electron chi connectivity index (χ0n) is 11.4. The van der Waals surface area contributed by atoms with E-state index in [9.17, 15) is 4.79 Å². The molecule has 4 N–H and O–H groups in total. The molecule has 21 heavy (non-hydrogen) atoms. The third kappa shape index (κ3) is 2.51. The number of para-hydroxylation sites is 2. The standard InChI is InChI=1S/C15H14N4O2/c1-21-13-7-6-9(16)8-10(13)14(20)19-15-17-11-4-2-3-5-12(11)18-15/h2-8H,16H2,1H3,(H2,17,18,19,20). The van der Waals surface area contributed by atoms with Crippen LogP contribution in [0.1, 0.15) is 10.4 Å². The van der Waals surface area contributed by atoms with Crippen molar-refractivity contribution >= 4 is 28.6 Å². The molecule has 2 aromatic carbocycles. The number of amides is 1. The summed E-state index contributed by atoms with van der Waals surface area (Å²) in [7, 11) is 1.50. The predicted molar refractivity (Wildman–Crippen MR) is 81.5 cm³/mol. The van der Waals surface area contributed by atoms with Gasteiger partial charge in [0.1, 0.15) is 5.75 Å². The number of aromatic nitrogens is 2. The van der Waals surface area contributed by atoms with Crippen molar-refractivity contribution in [3.63, 3.8) is 0 Å². The summed E-state index contributed by atoms with van der Waals surface area (Å²) in [5, 5.41) is 2.71. The zero-order valence-corrected chi connectivity index (χ0v) is 11.4. The van der Waals surface area contributed by atoms with Crippen molar-refractivity contribution in [2.24, 2.45) is 0 Å². The predicted octanol–water partition coefficient (Wildman–Crippen LogP) is 2.41. The molecular formula is C15H14N4O2. The number of methoxy groups -OCH3 is 1. The van der Waals surface area contributed by atoms with Crippen LogP contribution >= 0.6 is 0 Å². The van der Waals surface area contributed by atoms with Gasteiger partial charge in [0, 0.05) is 5.69 Å². The maximum absolute atomic E-state index is 12.3. The molecule has 0 unspecified atom stereocenters. The number of hydrogen-bond donors (Lipinski definition) is 3. The summed E-state index contributed by atoms with van der Waals surface area (Å²) in [6.45, 7) is 0. The van der Waals surface area contributed by atoms with Gasteiger partial charge in [-0.05, 0) is 30.3 Å². The van der Waals surface area contributed by atoms with Crippen LogP contribution in [-0.2, 0) is 0 Å². The van der Waals surface area contributed by atoms with Crippen molar-refractivity contribution in [3.05, 3.63) is 48.0 Å². The van der Waals surface area contributed by atoms with E-state index in [0.717, 1.165) is 11.0 Å². The molecule has 0 spiro atoms. The van der Waals surface area contributed by atoms with Crippen molar-refractivity contribution in [1.29, 1.82) is 0 Å². The van der Waals surface area contributed by atoms with Crippen LogP contribution in [0.25, 0.3) is 11.0 Å². The first kappa shape index (κ1) is 13.0. The van der Waals surface area contributed by atoms with Crippen LogP contribution in [0.5, 0.6) is 5.75 Å². The highest BCUT2D eigenvalue weighted by atomic mass is 16.5. The summed E-state index contributed by atoms with van der Waals surface area (Å²) in [6.07, 6.45) is 0. The van der Waals surface area contributed by atoms with Crippen LogP contribution in [0.4, 0.5) is 11.6 Å². The molecule has 0 atom stereocenters. The first-order valence-corrected chi connectivity index (χ1v) is 6.37. The molecule has 6 nitrogen and oxygen atoms in total. The lowest BCUT2D eigenvalue weighted by Crippen LogP contribution is -2.14. The number of nitrogens with zero attached hydrogens (tertiary/aromatic N) is 1. The summed E-state index contributed by atoms with van der Waals surface area (Å²) < 4.78 is 5.17. The fourth-order valence-corrected chi connectivity index (χ4v) is 2.09. The van der Waals surface area contributed by atoms with Gasteiger partial charge in [-0.1, -0.05) is 12.1 Å². The Bertz CT molecular complexity index is 777. The summed E-state index contributed by atoms with van der Waals surface area (Å²) in [4.78, 5) is 19.6. The number of rotatable bonds is 3. The van der Waals surface area contributed by atoms with Crippen LogP contribution in [0.15, 0.2) is 42.5 Å². The van der Waals surface area contributed by atoms with E-state index in [0.29, 0.717) is 22.9 Å². The van der Waals surface area contributed by atoms with Crippen molar-refractivity contribution in [2.45, 2.75) is 0 Å². The number of fused-ring (bicyclic) bond motifs is 1. The van der Waals surface area contributed by atoms with Gasteiger partial charge in [-0.25, -0.2) is 4.98 Å². The normalized spacial score (nSPS) is 10.5. The van der Waals surface area contributed by atoms with E-state index in [1.807, 2.05) is 24.3 Å². The number of hydrogen-bond acceptors (Lipinski definition) is 4. The van der Waals surface area contributed by atoms with Crippen molar-refractivity contribution in [2.75, 3.05) is 18.2 Å². The van der Waals surface area contributed by atoms with Gasteiger partial charge in [0.05, 0.1) is 23.7 Å². The molecule has 3 rings (SSSR count). The van der Waals surface area contributed by atoms with Crippen LogP contribution in [-0.4, -0.2) is 23.0 Å². The van der Waals surface area contributed by atoms with E-state index >= 15 is 0 Å². The third-order valence-corrected chi connectivity index (χ3v) is 3.09. The van der Waals surface area contributed by atoms with E-state index in [1.165, 1.54) is 7.11 Å². The Morgan fingerprint density at radius 3 is 2.86 bits per heavy atom. The monoisotopic (exact) mass is 282 g/mol. The number of carbonyl (C=O) groups is 1. The first-order valence-electron chi connectivity index (χ1n) is 6.37. The largest absolute Gasteiger partial charge is 0.496 e. The fraction of sp³-hybridized carbons (Fsp3) is 0.0667. The van der Waals surface area contributed by atoms with E-state index in [2.05, 4.69) is 15.3 Å². The number of benzene rings is 2. The molecule has 0 aliphatic rings. The van der Waals surface area contributed by atoms with Crippen LogP contribution < -0.4 is 15.8 Å². The fourth-order valence-electron chi connectivity index (χ4n) is 2.09. The molecule has 0 saturated carbocycles. The third-order valence-electron chi connectivity index (χ3n) is 3.09. The lowest BCUT2D eigenvalue weighted by atomic mass is 10.1. The van der Waals surface area contributed by atoms with Gasteiger partial charge in [0.15, 0.2) is 0 Å².